The Bertz CT molecular complexity index is 358. The fraction of sp³-hybridized carbons (Fsp3) is 0.400. The lowest BCUT2D eigenvalue weighted by molar-refractivity contribution is 0.213. The minimum absolute atomic E-state index is 0. The van der Waals surface area contributed by atoms with Gasteiger partial charge in [-0.1, -0.05) is 0 Å². The number of ether oxygens (including phenoxy) is 1. The second kappa shape index (κ2) is 5.54. The molecular formula is C10H12ClN3O. The second-order valence-electron chi connectivity index (χ2n) is 3.20. The van der Waals surface area contributed by atoms with Crippen molar-refractivity contribution in [3.8, 4) is 11.9 Å². The highest BCUT2D eigenvalue weighted by Crippen LogP contribution is 2.16. The van der Waals surface area contributed by atoms with Crippen LogP contribution in [0.4, 0.5) is 0 Å². The molecule has 0 saturated carbocycles. The Morgan fingerprint density at radius 2 is 2.47 bits per heavy atom. The maximum Gasteiger partial charge on any atom is 0.231 e. The van der Waals surface area contributed by atoms with Crippen molar-refractivity contribution in [2.75, 3.05) is 13.1 Å². The molecule has 5 heteroatoms. The number of rotatable bonds is 2. The molecule has 0 bridgehead atoms. The van der Waals surface area contributed by atoms with Gasteiger partial charge in [0.15, 0.2) is 0 Å². The van der Waals surface area contributed by atoms with E-state index in [0.717, 1.165) is 19.5 Å². The number of hydrogen-bond acceptors (Lipinski definition) is 4. The quantitative estimate of drug-likeness (QED) is 0.820. The summed E-state index contributed by atoms with van der Waals surface area (Å²) in [5.74, 6) is 0.448. The van der Waals surface area contributed by atoms with Crippen LogP contribution in [0, 0.1) is 11.3 Å². The summed E-state index contributed by atoms with van der Waals surface area (Å²) in [6, 6.07) is 5.51. The Balaban J connectivity index is 0.00000112. The van der Waals surface area contributed by atoms with Crippen molar-refractivity contribution in [3.05, 3.63) is 23.9 Å². The molecule has 0 spiro atoms. The van der Waals surface area contributed by atoms with E-state index in [2.05, 4.69) is 16.4 Å². The number of nitrogens with one attached hydrogen (secondary N) is 1. The molecule has 0 aliphatic carbocycles. The summed E-state index contributed by atoms with van der Waals surface area (Å²) in [7, 11) is 0. The molecule has 1 aromatic rings. The lowest BCUT2D eigenvalue weighted by Gasteiger charge is -2.11. The average Bonchev–Trinajstić information content (AvgIpc) is 2.71. The molecule has 0 amide bonds. The molecule has 1 N–H and O–H groups in total. The highest BCUT2D eigenvalue weighted by molar-refractivity contribution is 5.85. The van der Waals surface area contributed by atoms with Crippen LogP contribution in [0.2, 0.25) is 0 Å². The maximum atomic E-state index is 8.81. The number of nitriles is 1. The molecular weight excluding hydrogens is 214 g/mol. The Kier molecular flexibility index (Phi) is 4.35. The maximum absolute atomic E-state index is 8.81. The van der Waals surface area contributed by atoms with Gasteiger partial charge in [-0.2, -0.15) is 5.26 Å². The van der Waals surface area contributed by atoms with Crippen molar-refractivity contribution < 1.29 is 4.74 Å². The van der Waals surface area contributed by atoms with Crippen LogP contribution in [0.15, 0.2) is 18.3 Å². The third-order valence-electron chi connectivity index (χ3n) is 2.19. The van der Waals surface area contributed by atoms with Gasteiger partial charge in [-0.15, -0.1) is 12.4 Å². The van der Waals surface area contributed by atoms with Crippen molar-refractivity contribution in [1.29, 1.82) is 5.26 Å². The summed E-state index contributed by atoms with van der Waals surface area (Å²) in [4.78, 5) is 4.04. The molecule has 0 radical (unpaired) electrons. The summed E-state index contributed by atoms with van der Waals surface area (Å²) in [5, 5.41) is 12.0. The molecule has 1 saturated heterocycles. The molecule has 1 aromatic heterocycles. The van der Waals surface area contributed by atoms with Gasteiger partial charge in [-0.3, -0.25) is 0 Å². The van der Waals surface area contributed by atoms with Gasteiger partial charge >= 0.3 is 0 Å². The highest BCUT2D eigenvalue weighted by atomic mass is 35.5. The first-order valence-electron chi connectivity index (χ1n) is 4.62. The van der Waals surface area contributed by atoms with E-state index >= 15 is 0 Å². The highest BCUT2D eigenvalue weighted by Gasteiger charge is 2.17. The molecule has 80 valence electrons. The molecule has 2 rings (SSSR count). The standard InChI is InChI=1S/C10H11N3O.ClH/c11-6-8-2-1-4-13-10(8)14-9-3-5-12-7-9;/h1-2,4,9,12H,3,5,7H2;1H. The predicted molar refractivity (Wildman–Crippen MR) is 58.1 cm³/mol. The molecule has 1 fully saturated rings. The van der Waals surface area contributed by atoms with Gasteiger partial charge in [0, 0.05) is 12.7 Å². The van der Waals surface area contributed by atoms with Crippen LogP contribution >= 0.6 is 12.4 Å². The van der Waals surface area contributed by atoms with E-state index in [1.54, 1.807) is 18.3 Å². The van der Waals surface area contributed by atoms with Crippen LogP contribution in [0.5, 0.6) is 5.88 Å². The van der Waals surface area contributed by atoms with Gasteiger partial charge in [0.2, 0.25) is 5.88 Å². The Hall–Kier alpha value is -1.31. The van der Waals surface area contributed by atoms with Crippen LogP contribution < -0.4 is 10.1 Å². The average molecular weight is 226 g/mol. The number of nitrogens with zero attached hydrogens (tertiary/aromatic N) is 2. The zero-order chi connectivity index (χ0) is 9.80. The van der Waals surface area contributed by atoms with E-state index in [1.165, 1.54) is 0 Å². The smallest absolute Gasteiger partial charge is 0.231 e. The first-order valence-corrected chi connectivity index (χ1v) is 4.62. The fourth-order valence-electron chi connectivity index (χ4n) is 1.46. The van der Waals surface area contributed by atoms with E-state index in [9.17, 15) is 0 Å². The minimum atomic E-state index is 0. The fourth-order valence-corrected chi connectivity index (χ4v) is 1.46. The monoisotopic (exact) mass is 225 g/mol. The van der Waals surface area contributed by atoms with E-state index in [-0.39, 0.29) is 18.5 Å². The lowest BCUT2D eigenvalue weighted by Crippen LogP contribution is -2.20. The third-order valence-corrected chi connectivity index (χ3v) is 2.19. The second-order valence-corrected chi connectivity index (χ2v) is 3.20. The zero-order valence-corrected chi connectivity index (χ0v) is 8.96. The van der Waals surface area contributed by atoms with Gasteiger partial charge in [0.05, 0.1) is 0 Å². The molecule has 1 atom stereocenters. The van der Waals surface area contributed by atoms with Gasteiger partial charge < -0.3 is 10.1 Å². The first kappa shape index (κ1) is 11.8. The molecule has 1 aliphatic heterocycles. The van der Waals surface area contributed by atoms with E-state index in [0.29, 0.717) is 11.4 Å². The largest absolute Gasteiger partial charge is 0.472 e. The van der Waals surface area contributed by atoms with Crippen molar-refractivity contribution in [2.24, 2.45) is 0 Å². The van der Waals surface area contributed by atoms with E-state index in [1.807, 2.05) is 0 Å². The van der Waals surface area contributed by atoms with E-state index in [4.69, 9.17) is 10.00 Å². The van der Waals surface area contributed by atoms with Crippen molar-refractivity contribution in [3.63, 3.8) is 0 Å². The van der Waals surface area contributed by atoms with E-state index < -0.39 is 0 Å². The Morgan fingerprint density at radius 1 is 1.60 bits per heavy atom. The van der Waals surface area contributed by atoms with Crippen LogP contribution in [0.3, 0.4) is 0 Å². The van der Waals surface area contributed by atoms with Gasteiger partial charge in [-0.05, 0) is 25.1 Å². The van der Waals surface area contributed by atoms with Crippen LogP contribution in [-0.4, -0.2) is 24.2 Å². The van der Waals surface area contributed by atoms with Crippen LogP contribution in [0.1, 0.15) is 12.0 Å². The van der Waals surface area contributed by atoms with Crippen molar-refractivity contribution in [1.82, 2.24) is 10.3 Å². The number of hydrogen-bond donors (Lipinski definition) is 1. The molecule has 15 heavy (non-hydrogen) atoms. The molecule has 1 aliphatic rings. The summed E-state index contributed by atoms with van der Waals surface area (Å²) in [6.45, 7) is 1.81. The number of halogens is 1. The number of aromatic nitrogens is 1. The summed E-state index contributed by atoms with van der Waals surface area (Å²) < 4.78 is 5.60. The minimum Gasteiger partial charge on any atom is -0.472 e. The van der Waals surface area contributed by atoms with Gasteiger partial charge in [0.25, 0.3) is 0 Å². The Morgan fingerprint density at radius 3 is 3.13 bits per heavy atom. The summed E-state index contributed by atoms with van der Waals surface area (Å²) in [5.41, 5.74) is 0.499. The summed E-state index contributed by atoms with van der Waals surface area (Å²) >= 11 is 0. The van der Waals surface area contributed by atoms with Gasteiger partial charge in [-0.25, -0.2) is 4.98 Å². The normalized spacial score (nSPS) is 19.0. The number of pyridine rings is 1. The molecule has 4 nitrogen and oxygen atoms in total. The summed E-state index contributed by atoms with van der Waals surface area (Å²) in [6.07, 6.45) is 2.76. The van der Waals surface area contributed by atoms with Gasteiger partial charge in [0.1, 0.15) is 17.7 Å². The van der Waals surface area contributed by atoms with Crippen molar-refractivity contribution >= 4 is 12.4 Å². The third kappa shape index (κ3) is 2.82. The molecule has 0 aromatic carbocycles. The first-order chi connectivity index (χ1) is 6.90. The van der Waals surface area contributed by atoms with Crippen LogP contribution in [-0.2, 0) is 0 Å². The Labute approximate surface area is 94.7 Å². The molecule has 2 heterocycles. The van der Waals surface area contributed by atoms with Crippen molar-refractivity contribution in [2.45, 2.75) is 12.5 Å². The lowest BCUT2D eigenvalue weighted by atomic mass is 10.3. The topological polar surface area (TPSA) is 57.9 Å². The molecule has 1 unspecified atom stereocenters. The SMILES string of the molecule is Cl.N#Cc1cccnc1OC1CCNC1. The van der Waals surface area contributed by atoms with Crippen LogP contribution in [0.25, 0.3) is 0 Å². The zero-order valence-electron chi connectivity index (χ0n) is 8.14. The predicted octanol–water partition coefficient (Wildman–Crippen LogP) is 1.12.